The minimum absolute atomic E-state index is 0.0228. The first kappa shape index (κ1) is 14.8. The first-order chi connectivity index (χ1) is 8.54. The SMILES string of the molecule is CCOC1CCCN(C(=O)N(C)CCC(=O)O)C1. The number of likely N-dealkylation sites (tertiary alicyclic amines) is 1. The molecule has 1 aliphatic heterocycles. The third-order valence-corrected chi connectivity index (χ3v) is 3.04. The van der Waals surface area contributed by atoms with Crippen molar-refractivity contribution in [3.63, 3.8) is 0 Å². The van der Waals surface area contributed by atoms with E-state index in [9.17, 15) is 9.59 Å². The van der Waals surface area contributed by atoms with Crippen LogP contribution in [0.1, 0.15) is 26.2 Å². The number of urea groups is 1. The quantitative estimate of drug-likeness (QED) is 0.799. The average molecular weight is 258 g/mol. The Morgan fingerprint density at radius 1 is 1.50 bits per heavy atom. The molecule has 1 heterocycles. The Bertz CT molecular complexity index is 294. The first-order valence-electron chi connectivity index (χ1n) is 6.38. The molecule has 18 heavy (non-hydrogen) atoms. The van der Waals surface area contributed by atoms with E-state index < -0.39 is 5.97 Å². The van der Waals surface area contributed by atoms with E-state index in [1.807, 2.05) is 6.92 Å². The molecule has 1 N–H and O–H groups in total. The zero-order valence-corrected chi connectivity index (χ0v) is 11.1. The fourth-order valence-corrected chi connectivity index (χ4v) is 2.08. The van der Waals surface area contributed by atoms with Gasteiger partial charge >= 0.3 is 12.0 Å². The maximum absolute atomic E-state index is 12.1. The summed E-state index contributed by atoms with van der Waals surface area (Å²) in [4.78, 5) is 25.7. The van der Waals surface area contributed by atoms with Crippen LogP contribution in [-0.4, -0.2) is 66.3 Å². The van der Waals surface area contributed by atoms with Gasteiger partial charge in [-0.25, -0.2) is 4.79 Å². The van der Waals surface area contributed by atoms with E-state index in [0.717, 1.165) is 19.4 Å². The van der Waals surface area contributed by atoms with Gasteiger partial charge in [0.15, 0.2) is 0 Å². The predicted molar refractivity (Wildman–Crippen MR) is 66.5 cm³/mol. The van der Waals surface area contributed by atoms with Gasteiger partial charge in [-0.1, -0.05) is 0 Å². The van der Waals surface area contributed by atoms with E-state index in [4.69, 9.17) is 9.84 Å². The molecule has 1 aliphatic rings. The topological polar surface area (TPSA) is 70.1 Å². The lowest BCUT2D eigenvalue weighted by Crippen LogP contribution is -2.48. The van der Waals surface area contributed by atoms with Gasteiger partial charge in [0.25, 0.3) is 0 Å². The van der Waals surface area contributed by atoms with Gasteiger partial charge in [0, 0.05) is 33.3 Å². The lowest BCUT2D eigenvalue weighted by molar-refractivity contribution is -0.137. The fourth-order valence-electron chi connectivity index (χ4n) is 2.08. The minimum atomic E-state index is -0.888. The second-order valence-electron chi connectivity index (χ2n) is 4.51. The van der Waals surface area contributed by atoms with Gasteiger partial charge in [-0.2, -0.15) is 0 Å². The Morgan fingerprint density at radius 2 is 2.22 bits per heavy atom. The molecular weight excluding hydrogens is 236 g/mol. The molecule has 0 aromatic rings. The van der Waals surface area contributed by atoms with Crippen molar-refractivity contribution in [2.75, 3.05) is 33.3 Å². The summed E-state index contributed by atoms with van der Waals surface area (Å²) in [5.74, 6) is -0.888. The van der Waals surface area contributed by atoms with Crippen molar-refractivity contribution < 1.29 is 19.4 Å². The van der Waals surface area contributed by atoms with Gasteiger partial charge in [-0.15, -0.1) is 0 Å². The van der Waals surface area contributed by atoms with Crippen molar-refractivity contribution in [1.29, 1.82) is 0 Å². The fraction of sp³-hybridized carbons (Fsp3) is 0.833. The zero-order valence-electron chi connectivity index (χ0n) is 11.1. The summed E-state index contributed by atoms with van der Waals surface area (Å²) < 4.78 is 5.53. The molecule has 104 valence electrons. The van der Waals surface area contributed by atoms with E-state index >= 15 is 0 Å². The normalized spacial score (nSPS) is 19.7. The lowest BCUT2D eigenvalue weighted by Gasteiger charge is -2.35. The van der Waals surface area contributed by atoms with Crippen LogP contribution in [0.5, 0.6) is 0 Å². The molecule has 0 aliphatic carbocycles. The maximum atomic E-state index is 12.1. The molecule has 0 radical (unpaired) electrons. The van der Waals surface area contributed by atoms with Crippen LogP contribution in [0.3, 0.4) is 0 Å². The van der Waals surface area contributed by atoms with Crippen LogP contribution in [0.25, 0.3) is 0 Å². The van der Waals surface area contributed by atoms with Crippen molar-refractivity contribution in [2.24, 2.45) is 0 Å². The number of hydrogen-bond donors (Lipinski definition) is 1. The van der Waals surface area contributed by atoms with Gasteiger partial charge in [0.1, 0.15) is 0 Å². The van der Waals surface area contributed by atoms with Gasteiger partial charge in [-0.3, -0.25) is 4.79 Å². The van der Waals surface area contributed by atoms with Crippen molar-refractivity contribution in [3.05, 3.63) is 0 Å². The van der Waals surface area contributed by atoms with Gasteiger partial charge in [0.2, 0.25) is 0 Å². The number of aliphatic carboxylic acids is 1. The van der Waals surface area contributed by atoms with Crippen LogP contribution in [0.2, 0.25) is 0 Å². The zero-order chi connectivity index (χ0) is 13.5. The summed E-state index contributed by atoms with van der Waals surface area (Å²) in [5.41, 5.74) is 0. The molecule has 1 fully saturated rings. The highest BCUT2D eigenvalue weighted by molar-refractivity contribution is 5.75. The number of carboxylic acids is 1. The Hall–Kier alpha value is -1.30. The van der Waals surface area contributed by atoms with Gasteiger partial charge < -0.3 is 19.6 Å². The molecule has 0 aromatic carbocycles. The monoisotopic (exact) mass is 258 g/mol. The highest BCUT2D eigenvalue weighted by atomic mass is 16.5. The van der Waals surface area contributed by atoms with E-state index in [1.54, 1.807) is 11.9 Å². The molecular formula is C12H22N2O4. The van der Waals surface area contributed by atoms with Crippen molar-refractivity contribution in [1.82, 2.24) is 9.80 Å². The molecule has 2 amide bonds. The molecule has 6 nitrogen and oxygen atoms in total. The Labute approximate surface area is 107 Å². The number of rotatable bonds is 5. The molecule has 1 atom stereocenters. The number of piperidine rings is 1. The smallest absolute Gasteiger partial charge is 0.319 e. The van der Waals surface area contributed by atoms with Crippen LogP contribution in [0, 0.1) is 0 Å². The lowest BCUT2D eigenvalue weighted by atomic mass is 10.1. The highest BCUT2D eigenvalue weighted by Crippen LogP contribution is 2.14. The minimum Gasteiger partial charge on any atom is -0.481 e. The van der Waals surface area contributed by atoms with E-state index in [0.29, 0.717) is 13.2 Å². The van der Waals surface area contributed by atoms with Gasteiger partial charge in [0.05, 0.1) is 12.5 Å². The van der Waals surface area contributed by atoms with Crippen LogP contribution < -0.4 is 0 Å². The Kier molecular flexibility index (Phi) is 5.91. The largest absolute Gasteiger partial charge is 0.481 e. The maximum Gasteiger partial charge on any atom is 0.319 e. The van der Waals surface area contributed by atoms with E-state index in [-0.39, 0.29) is 25.1 Å². The van der Waals surface area contributed by atoms with Crippen LogP contribution >= 0.6 is 0 Å². The molecule has 6 heteroatoms. The third kappa shape index (κ3) is 4.52. The number of nitrogens with zero attached hydrogens (tertiary/aromatic N) is 2. The predicted octanol–water partition coefficient (Wildman–Crippen LogP) is 1.01. The molecule has 0 spiro atoms. The summed E-state index contributed by atoms with van der Waals surface area (Å²) in [5, 5.41) is 8.59. The summed E-state index contributed by atoms with van der Waals surface area (Å²) >= 11 is 0. The summed E-state index contributed by atoms with van der Waals surface area (Å²) in [6.45, 7) is 4.16. The highest BCUT2D eigenvalue weighted by Gasteiger charge is 2.25. The number of hydrogen-bond acceptors (Lipinski definition) is 3. The Balaban J connectivity index is 2.42. The second kappa shape index (κ2) is 7.20. The van der Waals surface area contributed by atoms with Crippen molar-refractivity contribution >= 4 is 12.0 Å². The standard InChI is InChI=1S/C12H22N2O4/c1-3-18-10-5-4-7-14(9-10)12(17)13(2)8-6-11(15)16/h10H,3-9H2,1-2H3,(H,15,16). The summed E-state index contributed by atoms with van der Waals surface area (Å²) in [6.07, 6.45) is 2.01. The van der Waals surface area contributed by atoms with Crippen LogP contribution in [-0.2, 0) is 9.53 Å². The summed E-state index contributed by atoms with van der Waals surface area (Å²) in [7, 11) is 1.63. The molecule has 0 bridgehead atoms. The molecule has 1 saturated heterocycles. The Morgan fingerprint density at radius 3 is 2.83 bits per heavy atom. The number of carboxylic acid groups (broad SMARTS) is 1. The number of carbonyl (C=O) groups excluding carboxylic acids is 1. The summed E-state index contributed by atoms with van der Waals surface area (Å²) in [6, 6.07) is -0.111. The van der Waals surface area contributed by atoms with Gasteiger partial charge in [-0.05, 0) is 19.8 Å². The first-order valence-corrected chi connectivity index (χ1v) is 6.38. The third-order valence-electron chi connectivity index (χ3n) is 3.04. The molecule has 0 saturated carbocycles. The molecule has 0 aromatic heterocycles. The average Bonchev–Trinajstić information content (AvgIpc) is 2.35. The van der Waals surface area contributed by atoms with Crippen LogP contribution in [0.4, 0.5) is 4.79 Å². The number of ether oxygens (including phenoxy) is 1. The molecule has 1 unspecified atom stereocenters. The molecule has 1 rings (SSSR count). The second-order valence-corrected chi connectivity index (χ2v) is 4.51. The van der Waals surface area contributed by atoms with Crippen LogP contribution in [0.15, 0.2) is 0 Å². The van der Waals surface area contributed by atoms with Crippen molar-refractivity contribution in [3.8, 4) is 0 Å². The number of amides is 2. The van der Waals surface area contributed by atoms with Crippen molar-refractivity contribution in [2.45, 2.75) is 32.3 Å². The number of carbonyl (C=O) groups is 2. The van der Waals surface area contributed by atoms with E-state index in [1.165, 1.54) is 4.90 Å². The van der Waals surface area contributed by atoms with E-state index in [2.05, 4.69) is 0 Å².